The second-order valence-electron chi connectivity index (χ2n) is 26.8. The molecule has 1 aliphatic rings. The number of hydrogen-bond donors (Lipinski definition) is 16. The van der Waals surface area contributed by atoms with Crippen LogP contribution in [0.5, 0.6) is 0 Å². The molecule has 0 aromatic heterocycles. The highest BCUT2D eigenvalue weighted by molar-refractivity contribution is 8.76. The lowest BCUT2D eigenvalue weighted by Gasteiger charge is -2.32. The maximum Gasteiger partial charge on any atom is 0.327 e. The summed E-state index contributed by atoms with van der Waals surface area (Å²) in [4.78, 5) is 161. The quantitative estimate of drug-likeness (QED) is 0.0349. The Hall–Kier alpha value is -9.79. The molecule has 1 saturated heterocycles. The molecule has 18 N–H and O–H groups in total. The summed E-state index contributed by atoms with van der Waals surface area (Å²) in [6.07, 6.45) is -3.65. The van der Waals surface area contributed by atoms with Gasteiger partial charge in [-0.15, -0.1) is 0 Å². The van der Waals surface area contributed by atoms with Gasteiger partial charge in [-0.1, -0.05) is 193 Å². The lowest BCUT2D eigenvalue weighted by molar-refractivity contribution is -0.147. The minimum Gasteiger partial charge on any atom is -0.480 e. The summed E-state index contributed by atoms with van der Waals surface area (Å²) in [7, 11) is 2.92. The molecule has 6 aromatic carbocycles. The number of fused-ring (bicyclic) bond motifs is 1. The first-order chi connectivity index (χ1) is 51.2. The number of nitrogens with one attached hydrogen (secondary N) is 10. The molecular formula is C77H99N13O15S2. The summed E-state index contributed by atoms with van der Waals surface area (Å²) in [5, 5.41) is 72.5. The number of rotatable bonds is 21. The lowest BCUT2D eigenvalue weighted by Crippen LogP contribution is -2.63. The summed E-state index contributed by atoms with van der Waals surface area (Å²) in [6, 6.07) is 28.3. The van der Waals surface area contributed by atoms with E-state index in [0.29, 0.717) is 52.1 Å². The number of carbonyl (C=O) groups is 11. The summed E-state index contributed by atoms with van der Waals surface area (Å²) in [5.74, 6) is -11.8. The number of aliphatic carboxylic acids is 1. The molecule has 0 radical (unpaired) electrons. The van der Waals surface area contributed by atoms with Crippen molar-refractivity contribution in [2.45, 2.75) is 170 Å². The molecule has 574 valence electrons. The number of aliphatic hydroxyl groups is 3. The highest BCUT2D eigenvalue weighted by Gasteiger charge is 2.40. The summed E-state index contributed by atoms with van der Waals surface area (Å²) >= 11 is 0. The molecule has 0 bridgehead atoms. The SMILES string of the molecule is CC(C)NCc1ccc(CC2NC(=O)C(Cc3ccc4ccccc4c3)NC(=O)C(Cc3ccccc3)NC(=O)C(Cc3ccccc3)NC(=O)C(CCCCN)NC(=O)C(N)CSSCC(C(=O)O)NC(=O)C(CO)N(C)C(=O)C(C(C)O)NC(=O)C(Cc3ccccc3)NC(=O)C(C(C)O)NC2=O)cc1. The average Bonchev–Trinajstić information content (AvgIpc) is 0.834. The molecule has 0 spiro atoms. The third-order valence-corrected chi connectivity index (χ3v) is 20.4. The van der Waals surface area contributed by atoms with E-state index in [-0.39, 0.29) is 62.6 Å². The molecule has 1 fully saturated rings. The van der Waals surface area contributed by atoms with Gasteiger partial charge in [0.2, 0.25) is 59.1 Å². The largest absolute Gasteiger partial charge is 0.480 e. The fourth-order valence-corrected chi connectivity index (χ4v) is 14.0. The Bertz CT molecular complexity index is 3960. The van der Waals surface area contributed by atoms with E-state index in [0.717, 1.165) is 51.9 Å². The Kier molecular flexibility index (Phi) is 33.6. The van der Waals surface area contributed by atoms with Crippen molar-refractivity contribution in [2.24, 2.45) is 11.5 Å². The summed E-state index contributed by atoms with van der Waals surface area (Å²) in [6.45, 7) is 5.98. The van der Waals surface area contributed by atoms with Crippen LogP contribution in [0.4, 0.5) is 0 Å². The van der Waals surface area contributed by atoms with Crippen LogP contribution >= 0.6 is 21.6 Å². The normalized spacial score (nSPS) is 23.6. The fourth-order valence-electron chi connectivity index (χ4n) is 11.8. The van der Waals surface area contributed by atoms with E-state index in [4.69, 9.17) is 11.5 Å². The molecule has 107 heavy (non-hydrogen) atoms. The number of nitrogens with two attached hydrogens (primary N) is 2. The second-order valence-corrected chi connectivity index (χ2v) is 29.4. The number of carboxylic acid groups (broad SMARTS) is 1. The fraction of sp³-hybridized carbons (Fsp3) is 0.416. The molecule has 6 aromatic rings. The molecular weight excluding hydrogens is 1410 g/mol. The zero-order valence-electron chi connectivity index (χ0n) is 60.5. The number of carboxylic acids is 1. The van der Waals surface area contributed by atoms with Gasteiger partial charge in [0.05, 0.1) is 24.9 Å². The Labute approximate surface area is 630 Å². The molecule has 0 aliphatic carbocycles. The van der Waals surface area contributed by atoms with Crippen molar-refractivity contribution in [2.75, 3.05) is 31.7 Å². The van der Waals surface area contributed by atoms with Gasteiger partial charge in [-0.25, -0.2) is 4.79 Å². The third kappa shape index (κ3) is 26.6. The average molecular weight is 1510 g/mol. The second kappa shape index (κ2) is 42.5. The van der Waals surface area contributed by atoms with Crippen LogP contribution in [-0.4, -0.2) is 207 Å². The van der Waals surface area contributed by atoms with Crippen LogP contribution in [0.15, 0.2) is 158 Å². The van der Waals surface area contributed by atoms with Gasteiger partial charge in [-0.3, -0.25) is 47.9 Å². The molecule has 0 saturated carbocycles. The number of nitrogens with zero attached hydrogens (tertiary/aromatic N) is 1. The molecule has 30 heteroatoms. The highest BCUT2D eigenvalue weighted by Crippen LogP contribution is 2.24. The molecule has 28 nitrogen and oxygen atoms in total. The molecule has 13 unspecified atom stereocenters. The maximum atomic E-state index is 15.6. The number of benzene rings is 6. The number of hydrogen-bond acceptors (Lipinski definition) is 19. The standard InChI is InChI=1S/C77H99N13O15S2/c1-45(2)80-41-52-30-28-51(29-31-52)39-60-72(99)88-65(46(3)92)75(102)86-61(38-50-23-13-8-14-24-50)73(100)89-66(47(4)93)76(103)90(5)64(42-91)74(101)87-63(77(104)105)44-107-106-43-56(79)67(94)81-57(27-17-18-34-78)68(95)82-58(36-48-19-9-6-10-20-48)69(96)83-59(37-49-21-11-7-12-22-49)70(97)85-62(71(98)84-60)40-53-32-33-54-25-15-16-26-55(54)35-53/h6-16,19-26,28-33,35,45-47,56-66,80,91-93H,17-18,27,34,36-44,78-79H2,1-5H3,(H,81,94)(H,82,95)(H,83,96)(H,84,98)(H,85,97)(H,86,102)(H,87,101)(H,88,99)(H,89,100)(H,104,105). The smallest absolute Gasteiger partial charge is 0.327 e. The van der Waals surface area contributed by atoms with Gasteiger partial charge in [0, 0.05) is 63.2 Å². The van der Waals surface area contributed by atoms with Crippen LogP contribution < -0.4 is 64.6 Å². The first kappa shape index (κ1) is 84.5. The molecule has 1 heterocycles. The Morgan fingerprint density at radius 1 is 0.467 bits per heavy atom. The Balaban J connectivity index is 1.33. The van der Waals surface area contributed by atoms with Crippen LogP contribution in [0, 0.1) is 0 Å². The topological polar surface area (TPSA) is 444 Å². The van der Waals surface area contributed by atoms with Crippen molar-refractivity contribution in [3.8, 4) is 0 Å². The van der Waals surface area contributed by atoms with Crippen LogP contribution in [-0.2, 0) is 91.4 Å². The molecule has 7 rings (SSSR count). The van der Waals surface area contributed by atoms with Gasteiger partial charge in [-0.2, -0.15) is 0 Å². The van der Waals surface area contributed by atoms with E-state index >= 15 is 19.2 Å². The van der Waals surface area contributed by atoms with Gasteiger partial charge < -0.3 is 90.0 Å². The molecule has 10 amide bonds. The van der Waals surface area contributed by atoms with Crippen molar-refractivity contribution < 1.29 is 73.2 Å². The molecule has 1 aliphatic heterocycles. The number of carbonyl (C=O) groups excluding carboxylic acids is 10. The van der Waals surface area contributed by atoms with Gasteiger partial charge >= 0.3 is 5.97 Å². The van der Waals surface area contributed by atoms with Crippen molar-refractivity contribution >= 4 is 97.4 Å². The number of aliphatic hydroxyl groups excluding tert-OH is 3. The zero-order valence-corrected chi connectivity index (χ0v) is 62.1. The third-order valence-electron chi connectivity index (χ3n) is 17.9. The van der Waals surface area contributed by atoms with Crippen molar-refractivity contribution in [3.05, 3.63) is 191 Å². The van der Waals surface area contributed by atoms with Crippen molar-refractivity contribution in [3.63, 3.8) is 0 Å². The predicted molar refractivity (Wildman–Crippen MR) is 408 cm³/mol. The van der Waals surface area contributed by atoms with Crippen LogP contribution in [0.3, 0.4) is 0 Å². The Morgan fingerprint density at radius 3 is 1.32 bits per heavy atom. The van der Waals surface area contributed by atoms with E-state index in [9.17, 15) is 54.0 Å². The van der Waals surface area contributed by atoms with Crippen LogP contribution in [0.1, 0.15) is 80.3 Å². The van der Waals surface area contributed by atoms with Gasteiger partial charge in [0.25, 0.3) is 0 Å². The number of likely N-dealkylation sites (N-methyl/N-ethyl adjacent to an activating group) is 1. The van der Waals surface area contributed by atoms with E-state index < -0.39 is 150 Å². The van der Waals surface area contributed by atoms with E-state index in [1.165, 1.54) is 6.92 Å². The molecule has 13 atom stereocenters. The van der Waals surface area contributed by atoms with Gasteiger partial charge in [0.15, 0.2) is 0 Å². The minimum absolute atomic E-state index is 0.0311. The van der Waals surface area contributed by atoms with Gasteiger partial charge in [0.1, 0.15) is 60.4 Å². The highest BCUT2D eigenvalue weighted by atomic mass is 33.1. The lowest BCUT2D eigenvalue weighted by atomic mass is 9.98. The number of amides is 10. The van der Waals surface area contributed by atoms with E-state index in [1.54, 1.807) is 109 Å². The summed E-state index contributed by atoms with van der Waals surface area (Å²) in [5.41, 5.74) is 15.9. The maximum absolute atomic E-state index is 15.6. The predicted octanol–water partition coefficient (Wildman–Crippen LogP) is 0.731. The minimum atomic E-state index is -1.90. The van der Waals surface area contributed by atoms with E-state index in [1.807, 2.05) is 62.4 Å². The first-order valence-corrected chi connectivity index (χ1v) is 38.0. The summed E-state index contributed by atoms with van der Waals surface area (Å²) < 4.78 is 0. The van der Waals surface area contributed by atoms with E-state index in [2.05, 4.69) is 53.2 Å². The van der Waals surface area contributed by atoms with Crippen molar-refractivity contribution in [1.29, 1.82) is 0 Å². The first-order valence-electron chi connectivity index (χ1n) is 35.5. The van der Waals surface area contributed by atoms with Gasteiger partial charge in [-0.05, 0) is 83.8 Å². The van der Waals surface area contributed by atoms with Crippen molar-refractivity contribution in [1.82, 2.24) is 58.1 Å². The van der Waals surface area contributed by atoms with Crippen LogP contribution in [0.2, 0.25) is 0 Å². The van der Waals surface area contributed by atoms with Crippen LogP contribution in [0.25, 0.3) is 10.8 Å². The zero-order chi connectivity index (χ0) is 77.7. The monoisotopic (exact) mass is 1510 g/mol. The number of unbranched alkanes of at least 4 members (excludes halogenated alkanes) is 1. The Morgan fingerprint density at radius 2 is 0.860 bits per heavy atom.